The molecule has 38 heavy (non-hydrogen) atoms. The number of hydrogen-bond acceptors (Lipinski definition) is 5. The zero-order chi connectivity index (χ0) is 26.4. The van der Waals surface area contributed by atoms with Gasteiger partial charge in [0, 0.05) is 57.6 Å². The van der Waals surface area contributed by atoms with Gasteiger partial charge in [0.15, 0.2) is 0 Å². The van der Waals surface area contributed by atoms with Gasteiger partial charge >= 0.3 is 0 Å². The molecule has 1 saturated carbocycles. The minimum Gasteiger partial charge on any atom is -0.495 e. The summed E-state index contributed by atoms with van der Waals surface area (Å²) in [5.41, 5.74) is 4.74. The van der Waals surface area contributed by atoms with Crippen molar-refractivity contribution < 1.29 is 9.47 Å². The summed E-state index contributed by atoms with van der Waals surface area (Å²) in [6, 6.07) is 4.94. The van der Waals surface area contributed by atoms with Crippen molar-refractivity contribution >= 4 is 23.8 Å². The van der Waals surface area contributed by atoms with Gasteiger partial charge in [0.25, 0.3) is 0 Å². The van der Waals surface area contributed by atoms with Crippen LogP contribution in [0.3, 0.4) is 0 Å². The number of piperidine rings is 1. The molecule has 0 amide bonds. The second kappa shape index (κ2) is 14.5. The molecule has 0 unspecified atom stereocenters. The average Bonchev–Trinajstić information content (AvgIpc) is 2.92. The number of methoxy groups -OCH3 is 1. The van der Waals surface area contributed by atoms with Crippen LogP contribution in [0.25, 0.3) is 0 Å². The Kier molecular flexibility index (Phi) is 11.9. The van der Waals surface area contributed by atoms with E-state index in [0.717, 1.165) is 57.3 Å². The lowest BCUT2D eigenvalue weighted by Crippen LogP contribution is -2.47. The fraction of sp³-hybridized carbons (Fsp3) is 0.812. The van der Waals surface area contributed by atoms with Crippen molar-refractivity contribution in [3.05, 3.63) is 17.7 Å². The standard InChI is InChI=1S/C32H55N3O2.ClH/c1-7-9-16-33-19-21-35(22-20-33)29-24-31(36-6)30(34-17-14-27(15-18-34)37-8-2)23-28(29)25-10-12-26(13-11-25)32(3,4)5;/h23-27H,7-22H2,1-6H3;1H. The third-order valence-electron chi connectivity index (χ3n) is 9.45. The van der Waals surface area contributed by atoms with E-state index in [4.69, 9.17) is 9.47 Å². The zero-order valence-corrected chi connectivity index (χ0v) is 26.1. The SMILES string of the molecule is CCCCN1CCN(c2cc(OC)c(N3CCC(OCC)CC3)cc2C2CCC(C(C)(C)C)CC2)CC1.Cl. The quantitative estimate of drug-likeness (QED) is 0.321. The van der Waals surface area contributed by atoms with E-state index in [-0.39, 0.29) is 12.4 Å². The third-order valence-corrected chi connectivity index (χ3v) is 9.45. The number of benzene rings is 1. The summed E-state index contributed by atoms with van der Waals surface area (Å²) in [7, 11) is 1.85. The molecule has 218 valence electrons. The Bertz CT molecular complexity index is 834. The van der Waals surface area contributed by atoms with Gasteiger partial charge in [-0.1, -0.05) is 34.1 Å². The minimum atomic E-state index is 0. The highest BCUT2D eigenvalue weighted by Gasteiger charge is 2.33. The lowest BCUT2D eigenvalue weighted by Gasteiger charge is -2.41. The van der Waals surface area contributed by atoms with Gasteiger partial charge in [-0.05, 0) is 87.3 Å². The summed E-state index contributed by atoms with van der Waals surface area (Å²) in [5.74, 6) is 2.53. The maximum atomic E-state index is 6.07. The number of hydrogen-bond donors (Lipinski definition) is 0. The van der Waals surface area contributed by atoms with Crippen molar-refractivity contribution in [3.63, 3.8) is 0 Å². The molecule has 0 atom stereocenters. The van der Waals surface area contributed by atoms with E-state index >= 15 is 0 Å². The molecule has 0 bridgehead atoms. The number of ether oxygens (including phenoxy) is 2. The zero-order valence-electron chi connectivity index (χ0n) is 25.3. The van der Waals surface area contributed by atoms with Crippen LogP contribution in [-0.2, 0) is 4.74 Å². The first-order valence-corrected chi connectivity index (χ1v) is 15.4. The molecule has 4 rings (SSSR count). The molecule has 3 fully saturated rings. The van der Waals surface area contributed by atoms with Crippen molar-refractivity contribution in [1.29, 1.82) is 0 Å². The fourth-order valence-corrected chi connectivity index (χ4v) is 6.95. The molecule has 2 heterocycles. The van der Waals surface area contributed by atoms with Crippen molar-refractivity contribution in [1.82, 2.24) is 4.90 Å². The molecule has 0 spiro atoms. The van der Waals surface area contributed by atoms with E-state index in [1.54, 1.807) is 5.56 Å². The van der Waals surface area contributed by atoms with Gasteiger partial charge in [-0.25, -0.2) is 0 Å². The molecule has 1 aliphatic carbocycles. The van der Waals surface area contributed by atoms with Gasteiger partial charge in [-0.2, -0.15) is 0 Å². The predicted octanol–water partition coefficient (Wildman–Crippen LogP) is 7.36. The number of unbranched alkanes of at least 4 members (excludes halogenated alkanes) is 1. The third kappa shape index (κ3) is 7.73. The predicted molar refractivity (Wildman–Crippen MR) is 165 cm³/mol. The fourth-order valence-electron chi connectivity index (χ4n) is 6.95. The topological polar surface area (TPSA) is 28.2 Å². The highest BCUT2D eigenvalue weighted by atomic mass is 35.5. The summed E-state index contributed by atoms with van der Waals surface area (Å²) in [4.78, 5) is 7.88. The summed E-state index contributed by atoms with van der Waals surface area (Å²) in [5, 5.41) is 0. The number of halogens is 1. The van der Waals surface area contributed by atoms with Crippen LogP contribution in [0.5, 0.6) is 5.75 Å². The van der Waals surface area contributed by atoms with Crippen molar-refractivity contribution in [2.75, 3.05) is 69.3 Å². The highest BCUT2D eigenvalue weighted by molar-refractivity contribution is 5.85. The van der Waals surface area contributed by atoms with Gasteiger partial charge in [-0.15, -0.1) is 12.4 Å². The van der Waals surface area contributed by atoms with E-state index in [2.05, 4.69) is 61.5 Å². The highest BCUT2D eigenvalue weighted by Crippen LogP contribution is 2.48. The Morgan fingerprint density at radius 2 is 1.45 bits per heavy atom. The average molecular weight is 550 g/mol. The minimum absolute atomic E-state index is 0. The van der Waals surface area contributed by atoms with Crippen LogP contribution in [0, 0.1) is 11.3 Å². The van der Waals surface area contributed by atoms with E-state index in [1.165, 1.54) is 69.5 Å². The van der Waals surface area contributed by atoms with Crippen LogP contribution in [-0.4, -0.2) is 70.5 Å². The van der Waals surface area contributed by atoms with Crippen molar-refractivity contribution in [2.24, 2.45) is 11.3 Å². The molecule has 3 aliphatic rings. The molecule has 0 N–H and O–H groups in total. The Balaban J connectivity index is 0.00000400. The molecular formula is C32H56ClN3O2. The Morgan fingerprint density at radius 1 is 0.816 bits per heavy atom. The smallest absolute Gasteiger partial charge is 0.144 e. The summed E-state index contributed by atoms with van der Waals surface area (Å²) < 4.78 is 12.0. The second-order valence-corrected chi connectivity index (χ2v) is 12.8. The number of nitrogens with zero attached hydrogens (tertiary/aromatic N) is 3. The van der Waals surface area contributed by atoms with Gasteiger partial charge in [0.05, 0.1) is 18.9 Å². The first kappa shape index (κ1) is 31.4. The Hall–Kier alpha value is -1.17. The van der Waals surface area contributed by atoms with Crippen LogP contribution in [0.1, 0.15) is 97.5 Å². The van der Waals surface area contributed by atoms with Gasteiger partial charge in [-0.3, -0.25) is 4.90 Å². The lowest BCUT2D eigenvalue weighted by atomic mass is 9.68. The molecule has 2 saturated heterocycles. The van der Waals surface area contributed by atoms with Gasteiger partial charge in [0.1, 0.15) is 5.75 Å². The maximum Gasteiger partial charge on any atom is 0.144 e. The monoisotopic (exact) mass is 549 g/mol. The molecule has 6 heteroatoms. The molecule has 1 aromatic rings. The lowest BCUT2D eigenvalue weighted by molar-refractivity contribution is 0.0458. The first-order chi connectivity index (χ1) is 17.8. The molecule has 5 nitrogen and oxygen atoms in total. The number of rotatable bonds is 9. The van der Waals surface area contributed by atoms with E-state index in [9.17, 15) is 0 Å². The van der Waals surface area contributed by atoms with Crippen molar-refractivity contribution in [2.45, 2.75) is 98.0 Å². The largest absolute Gasteiger partial charge is 0.495 e. The normalized spacial score (nSPS) is 23.8. The number of anilines is 2. The van der Waals surface area contributed by atoms with E-state index < -0.39 is 0 Å². The molecule has 0 aromatic heterocycles. The van der Waals surface area contributed by atoms with Crippen LogP contribution >= 0.6 is 12.4 Å². The van der Waals surface area contributed by atoms with Gasteiger partial charge < -0.3 is 19.3 Å². The van der Waals surface area contributed by atoms with Crippen LogP contribution in [0.15, 0.2) is 12.1 Å². The number of piperazine rings is 1. The molecule has 2 aliphatic heterocycles. The molecular weight excluding hydrogens is 494 g/mol. The van der Waals surface area contributed by atoms with E-state index in [0.29, 0.717) is 17.4 Å². The van der Waals surface area contributed by atoms with Crippen molar-refractivity contribution in [3.8, 4) is 5.75 Å². The van der Waals surface area contributed by atoms with Crippen LogP contribution in [0.2, 0.25) is 0 Å². The molecule has 0 radical (unpaired) electrons. The summed E-state index contributed by atoms with van der Waals surface area (Å²) in [6.07, 6.45) is 10.5. The molecule has 1 aromatic carbocycles. The summed E-state index contributed by atoms with van der Waals surface area (Å²) >= 11 is 0. The van der Waals surface area contributed by atoms with Crippen LogP contribution < -0.4 is 14.5 Å². The maximum absolute atomic E-state index is 6.07. The first-order valence-electron chi connectivity index (χ1n) is 15.4. The van der Waals surface area contributed by atoms with E-state index in [1.807, 2.05) is 7.11 Å². The summed E-state index contributed by atoms with van der Waals surface area (Å²) in [6.45, 7) is 20.4. The second-order valence-electron chi connectivity index (χ2n) is 12.8. The Labute approximate surface area is 240 Å². The van der Waals surface area contributed by atoms with Crippen LogP contribution in [0.4, 0.5) is 11.4 Å². The van der Waals surface area contributed by atoms with Gasteiger partial charge in [0.2, 0.25) is 0 Å². The Morgan fingerprint density at radius 3 is 2.00 bits per heavy atom.